The molecule has 0 saturated carbocycles. The predicted molar refractivity (Wildman–Crippen MR) is 58.3 cm³/mol. The zero-order chi connectivity index (χ0) is 14.2. The van der Waals surface area contributed by atoms with Gasteiger partial charge in [0.1, 0.15) is 21.4 Å². The smallest absolute Gasteiger partial charge is 0.212 e. The van der Waals surface area contributed by atoms with Crippen LogP contribution in [0, 0.1) is 11.6 Å². The summed E-state index contributed by atoms with van der Waals surface area (Å²) in [7, 11) is -4.39. The molecule has 17 heavy (non-hydrogen) atoms. The molecule has 0 N–H and O–H groups in total. The molecule has 2 aromatic carbocycles. The van der Waals surface area contributed by atoms with Gasteiger partial charge in [0, 0.05) is 0 Å². The highest BCUT2D eigenvalue weighted by Gasteiger charge is 2.24. The first-order valence-corrected chi connectivity index (χ1v) is 6.09. The molecule has 5 heteroatoms. The van der Waals surface area contributed by atoms with Gasteiger partial charge in [-0.05, 0) is 24.2 Å². The second-order valence-electron chi connectivity index (χ2n) is 3.21. The Morgan fingerprint density at radius 2 is 1.53 bits per heavy atom. The molecule has 0 heterocycles. The first-order valence-electron chi connectivity index (χ1n) is 5.61. The quantitative estimate of drug-likeness (QED) is 0.828. The maximum atomic E-state index is 13.8. The Labute approximate surface area is 100 Å². The maximum Gasteiger partial charge on any atom is 0.212 e. The van der Waals surface area contributed by atoms with Crippen molar-refractivity contribution in [2.75, 3.05) is 0 Å². The van der Waals surface area contributed by atoms with E-state index in [0.717, 1.165) is 24.3 Å². The highest BCUT2D eigenvalue weighted by molar-refractivity contribution is 7.91. The average molecular weight is 256 g/mol. The van der Waals surface area contributed by atoms with Crippen molar-refractivity contribution in [2.45, 2.75) is 9.79 Å². The standard InChI is InChI=1S/C12H8F2O2S/c13-9-5-1-3-7-11(9)17(15,16)12-8-4-2-6-10(12)14/h1-8H/i1D,5D. The van der Waals surface area contributed by atoms with E-state index >= 15 is 0 Å². The van der Waals surface area contributed by atoms with Gasteiger partial charge in [-0.1, -0.05) is 24.2 Å². The number of hydrogen-bond donors (Lipinski definition) is 0. The Balaban J connectivity index is 2.72. The molecule has 0 fully saturated rings. The molecular formula is C12H8F2O2S. The van der Waals surface area contributed by atoms with Crippen LogP contribution in [-0.4, -0.2) is 8.42 Å². The summed E-state index contributed by atoms with van der Waals surface area (Å²) in [6, 6.07) is 5.16. The third-order valence-corrected chi connectivity index (χ3v) is 3.94. The minimum absolute atomic E-state index is 0.440. The molecule has 0 aliphatic heterocycles. The Kier molecular flexibility index (Phi) is 2.33. The predicted octanol–water partition coefficient (Wildman–Crippen LogP) is 2.80. The summed E-state index contributed by atoms with van der Waals surface area (Å²) in [5.74, 6) is -2.35. The van der Waals surface area contributed by atoms with Gasteiger partial charge in [-0.3, -0.25) is 0 Å². The summed E-state index contributed by atoms with van der Waals surface area (Å²) in [6.07, 6.45) is 0. The number of benzene rings is 2. The Morgan fingerprint density at radius 3 is 2.24 bits per heavy atom. The van der Waals surface area contributed by atoms with Crippen LogP contribution in [0.3, 0.4) is 0 Å². The summed E-state index contributed by atoms with van der Waals surface area (Å²) >= 11 is 0. The molecule has 88 valence electrons. The number of halogens is 2. The topological polar surface area (TPSA) is 34.1 Å². The lowest BCUT2D eigenvalue weighted by Gasteiger charge is -2.06. The molecule has 0 atom stereocenters. The summed E-state index contributed by atoms with van der Waals surface area (Å²) < 4.78 is 66.0. The lowest BCUT2D eigenvalue weighted by Crippen LogP contribution is -2.06. The van der Waals surface area contributed by atoms with Crippen molar-refractivity contribution in [3.05, 3.63) is 60.1 Å². The molecule has 0 unspecified atom stereocenters. The fourth-order valence-corrected chi connectivity index (χ4v) is 2.70. The molecule has 0 radical (unpaired) electrons. The number of rotatable bonds is 2. The molecule has 2 nitrogen and oxygen atoms in total. The molecule has 0 bridgehead atoms. The van der Waals surface area contributed by atoms with Crippen molar-refractivity contribution < 1.29 is 19.9 Å². The van der Waals surface area contributed by atoms with Crippen molar-refractivity contribution in [3.8, 4) is 0 Å². The zero-order valence-electron chi connectivity index (χ0n) is 10.4. The lowest BCUT2D eigenvalue weighted by atomic mass is 10.3. The van der Waals surface area contributed by atoms with E-state index in [1.807, 2.05) is 0 Å². The van der Waals surface area contributed by atoms with E-state index in [9.17, 15) is 17.2 Å². The summed E-state index contributed by atoms with van der Waals surface area (Å²) in [5.41, 5.74) is 0. The van der Waals surface area contributed by atoms with E-state index in [1.54, 1.807) is 0 Å². The largest absolute Gasteiger partial charge is 0.218 e. The van der Waals surface area contributed by atoms with Crippen LogP contribution in [0.5, 0.6) is 0 Å². The Bertz CT molecular complexity index is 745. The van der Waals surface area contributed by atoms with Gasteiger partial charge in [0.05, 0.1) is 2.74 Å². The fraction of sp³-hybridized carbons (Fsp3) is 0. The third kappa shape index (κ3) is 2.06. The fourth-order valence-electron chi connectivity index (χ4n) is 1.35. The minimum Gasteiger partial charge on any atom is -0.218 e. The first-order chi connectivity index (χ1) is 8.85. The molecule has 0 aromatic heterocycles. The summed E-state index contributed by atoms with van der Waals surface area (Å²) in [5, 5.41) is 0. The summed E-state index contributed by atoms with van der Waals surface area (Å²) in [6.45, 7) is 0. The van der Waals surface area contributed by atoms with Gasteiger partial charge in [-0.25, -0.2) is 17.2 Å². The maximum absolute atomic E-state index is 13.8. The van der Waals surface area contributed by atoms with Crippen LogP contribution >= 0.6 is 0 Å². The van der Waals surface area contributed by atoms with Crippen LogP contribution in [0.15, 0.2) is 58.3 Å². The molecule has 2 aromatic rings. The van der Waals surface area contributed by atoms with Crippen LogP contribution < -0.4 is 0 Å². The molecule has 2 rings (SSSR count). The van der Waals surface area contributed by atoms with E-state index in [4.69, 9.17) is 2.74 Å². The van der Waals surface area contributed by atoms with Gasteiger partial charge in [0.25, 0.3) is 0 Å². The van der Waals surface area contributed by atoms with E-state index in [-0.39, 0.29) is 0 Å². The van der Waals surface area contributed by atoms with Gasteiger partial charge >= 0.3 is 0 Å². The first kappa shape index (κ1) is 9.30. The van der Waals surface area contributed by atoms with Gasteiger partial charge in [0.15, 0.2) is 0 Å². The van der Waals surface area contributed by atoms with Crippen molar-refractivity contribution in [2.24, 2.45) is 0 Å². The van der Waals surface area contributed by atoms with E-state index < -0.39 is 43.3 Å². The number of hydrogen-bond acceptors (Lipinski definition) is 2. The van der Waals surface area contributed by atoms with Gasteiger partial charge in [-0.15, -0.1) is 0 Å². The van der Waals surface area contributed by atoms with Crippen molar-refractivity contribution in [1.82, 2.24) is 0 Å². The molecule has 0 aliphatic carbocycles. The highest BCUT2D eigenvalue weighted by Crippen LogP contribution is 2.24. The molecule has 0 aliphatic rings. The Hall–Kier alpha value is -1.75. The number of sulfone groups is 1. The lowest BCUT2D eigenvalue weighted by molar-refractivity contribution is 0.552. The van der Waals surface area contributed by atoms with Gasteiger partial charge in [0.2, 0.25) is 9.84 Å². The summed E-state index contributed by atoms with van der Waals surface area (Å²) in [4.78, 5) is -1.47. The van der Waals surface area contributed by atoms with E-state index in [0.29, 0.717) is 0 Å². The van der Waals surface area contributed by atoms with Crippen molar-refractivity contribution in [1.29, 1.82) is 0 Å². The van der Waals surface area contributed by atoms with Crippen LogP contribution in [0.1, 0.15) is 2.74 Å². The second-order valence-corrected chi connectivity index (χ2v) is 5.10. The third-order valence-electron chi connectivity index (χ3n) is 2.13. The molecule has 0 amide bonds. The normalized spacial score (nSPS) is 13.1. The molecular weight excluding hydrogens is 246 g/mol. The highest BCUT2D eigenvalue weighted by atomic mass is 32.2. The van der Waals surface area contributed by atoms with Gasteiger partial charge < -0.3 is 0 Å². The van der Waals surface area contributed by atoms with E-state index in [2.05, 4.69) is 0 Å². The van der Waals surface area contributed by atoms with Crippen LogP contribution in [0.25, 0.3) is 0 Å². The average Bonchev–Trinajstić information content (AvgIpc) is 2.36. The van der Waals surface area contributed by atoms with Crippen molar-refractivity contribution in [3.63, 3.8) is 0 Å². The SMILES string of the molecule is [2H]c1ccc(S(=O)(=O)c2ccccc2F)c(F)c1[2H]. The van der Waals surface area contributed by atoms with Gasteiger partial charge in [-0.2, -0.15) is 0 Å². The molecule has 0 spiro atoms. The zero-order valence-corrected chi connectivity index (χ0v) is 9.26. The van der Waals surface area contributed by atoms with Crippen LogP contribution in [-0.2, 0) is 9.84 Å². The van der Waals surface area contributed by atoms with Crippen LogP contribution in [0.2, 0.25) is 0 Å². The second kappa shape index (κ2) is 4.25. The van der Waals surface area contributed by atoms with Crippen molar-refractivity contribution >= 4 is 9.84 Å². The minimum atomic E-state index is -4.39. The van der Waals surface area contributed by atoms with E-state index in [1.165, 1.54) is 12.1 Å². The van der Waals surface area contributed by atoms with Crippen LogP contribution in [0.4, 0.5) is 8.78 Å². The molecule has 0 saturated heterocycles. The Morgan fingerprint density at radius 1 is 0.941 bits per heavy atom. The monoisotopic (exact) mass is 256 g/mol.